The molecule has 0 saturated carbocycles. The number of allylic oxidation sites excluding steroid dienone is 7. The van der Waals surface area contributed by atoms with Gasteiger partial charge in [-0.3, -0.25) is 0 Å². The van der Waals surface area contributed by atoms with E-state index in [0.29, 0.717) is 0 Å². The highest BCUT2D eigenvalue weighted by Crippen LogP contribution is 2.24. The Morgan fingerprint density at radius 1 is 1.13 bits per heavy atom. The van der Waals surface area contributed by atoms with Crippen molar-refractivity contribution in [2.75, 3.05) is 0 Å². The van der Waals surface area contributed by atoms with E-state index in [0.717, 1.165) is 12.0 Å². The number of hydrogen-bond acceptors (Lipinski definition) is 0. The van der Waals surface area contributed by atoms with Crippen LogP contribution in [0.2, 0.25) is 0 Å². The first-order chi connectivity index (χ1) is 7.42. The zero-order valence-electron chi connectivity index (χ0n) is 8.56. The molecule has 1 aromatic carbocycles. The molecule has 0 N–H and O–H groups in total. The van der Waals surface area contributed by atoms with Gasteiger partial charge in [-0.25, -0.2) is 0 Å². The lowest BCUT2D eigenvalue weighted by Crippen LogP contribution is -1.88. The molecule has 1 aliphatic rings. The molecule has 0 spiro atoms. The Morgan fingerprint density at radius 2 is 1.93 bits per heavy atom. The molecule has 72 valence electrons. The fourth-order valence-corrected chi connectivity index (χ4v) is 1.72. The van der Waals surface area contributed by atoms with Crippen LogP contribution in [0.5, 0.6) is 0 Å². The molecular formula is C15H13+. The van der Waals surface area contributed by atoms with Crippen molar-refractivity contribution in [2.24, 2.45) is 0 Å². The van der Waals surface area contributed by atoms with Gasteiger partial charge in [-0.15, -0.1) is 0 Å². The summed E-state index contributed by atoms with van der Waals surface area (Å²) >= 11 is 0. The lowest BCUT2D eigenvalue weighted by Gasteiger charge is -2.02. The first-order valence-corrected chi connectivity index (χ1v) is 5.08. The van der Waals surface area contributed by atoms with Crippen LogP contribution in [0, 0.1) is 6.58 Å². The van der Waals surface area contributed by atoms with Gasteiger partial charge >= 0.3 is 0 Å². The van der Waals surface area contributed by atoms with E-state index < -0.39 is 0 Å². The largest absolute Gasteiger partial charge is 0.160 e. The maximum atomic E-state index is 5.69. The third-order valence-corrected chi connectivity index (χ3v) is 2.48. The van der Waals surface area contributed by atoms with Crippen molar-refractivity contribution in [2.45, 2.75) is 6.42 Å². The van der Waals surface area contributed by atoms with Gasteiger partial charge in [0.2, 0.25) is 0 Å². The minimum Gasteiger partial charge on any atom is -0.0783 e. The third-order valence-electron chi connectivity index (χ3n) is 2.48. The molecule has 1 aromatic rings. The topological polar surface area (TPSA) is 0 Å². The summed E-state index contributed by atoms with van der Waals surface area (Å²) in [7, 11) is 0. The van der Waals surface area contributed by atoms with Gasteiger partial charge < -0.3 is 0 Å². The fourth-order valence-electron chi connectivity index (χ4n) is 1.72. The van der Waals surface area contributed by atoms with Crippen LogP contribution in [0.15, 0.2) is 66.3 Å². The van der Waals surface area contributed by atoms with Crippen molar-refractivity contribution >= 4 is 5.57 Å². The van der Waals surface area contributed by atoms with Gasteiger partial charge in [-0.05, 0) is 18.2 Å². The van der Waals surface area contributed by atoms with Gasteiger partial charge in [0.05, 0.1) is 5.56 Å². The fraction of sp³-hybridized carbons (Fsp3) is 0.0667. The predicted molar refractivity (Wildman–Crippen MR) is 65.1 cm³/mol. The average Bonchev–Trinajstić information content (AvgIpc) is 2.33. The van der Waals surface area contributed by atoms with E-state index >= 15 is 0 Å². The lowest BCUT2D eigenvalue weighted by molar-refractivity contribution is 1.27. The van der Waals surface area contributed by atoms with Crippen LogP contribution in [-0.2, 0) is 0 Å². The molecule has 0 radical (unpaired) electrons. The van der Waals surface area contributed by atoms with Crippen molar-refractivity contribution < 1.29 is 0 Å². The SMILES string of the molecule is [CH+]=C/C(=C1/C=CC=CC1)c1ccccc1. The van der Waals surface area contributed by atoms with E-state index in [1.807, 2.05) is 24.3 Å². The highest BCUT2D eigenvalue weighted by Gasteiger charge is 2.12. The molecule has 2 rings (SSSR count). The second-order valence-corrected chi connectivity index (χ2v) is 3.46. The van der Waals surface area contributed by atoms with Crippen LogP contribution >= 0.6 is 0 Å². The Balaban J connectivity index is 2.44. The lowest BCUT2D eigenvalue weighted by atomic mass is 9.95. The number of rotatable bonds is 2. The molecular weight excluding hydrogens is 180 g/mol. The van der Waals surface area contributed by atoms with Gasteiger partial charge in [-0.2, -0.15) is 0 Å². The van der Waals surface area contributed by atoms with Crippen LogP contribution in [0.4, 0.5) is 0 Å². The molecule has 0 atom stereocenters. The number of benzene rings is 1. The Hall–Kier alpha value is -1.91. The summed E-state index contributed by atoms with van der Waals surface area (Å²) in [6.07, 6.45) is 11.0. The molecule has 0 nitrogen and oxygen atoms in total. The highest BCUT2D eigenvalue weighted by atomic mass is 14.1. The van der Waals surface area contributed by atoms with Crippen LogP contribution in [0.1, 0.15) is 12.0 Å². The standard InChI is InChI=1S/C15H13/c1-2-15(13-9-5-3-6-10-13)14-11-7-4-8-12-14/h1-11H,12H2/q+1/b15-14+. The monoisotopic (exact) mass is 193 g/mol. The summed E-state index contributed by atoms with van der Waals surface area (Å²) in [6, 6.07) is 10.2. The van der Waals surface area contributed by atoms with Crippen molar-refractivity contribution in [3.8, 4) is 0 Å². The summed E-state index contributed by atoms with van der Waals surface area (Å²) in [5.74, 6) is 0. The molecule has 0 heteroatoms. The van der Waals surface area contributed by atoms with E-state index in [-0.39, 0.29) is 0 Å². The smallest absolute Gasteiger partial charge is 0.0783 e. The third kappa shape index (κ3) is 2.12. The molecule has 15 heavy (non-hydrogen) atoms. The molecule has 0 amide bonds. The summed E-state index contributed by atoms with van der Waals surface area (Å²) in [6.45, 7) is 5.69. The number of hydrogen-bond donors (Lipinski definition) is 0. The Labute approximate surface area is 91.0 Å². The molecule has 0 saturated heterocycles. The maximum Gasteiger partial charge on any atom is 0.160 e. The Morgan fingerprint density at radius 3 is 2.53 bits per heavy atom. The summed E-state index contributed by atoms with van der Waals surface area (Å²) in [5, 5.41) is 0. The van der Waals surface area contributed by atoms with Gasteiger partial charge in [0.25, 0.3) is 0 Å². The maximum absolute atomic E-state index is 5.69. The molecule has 0 unspecified atom stereocenters. The molecule has 0 aliphatic heterocycles. The molecule has 0 heterocycles. The Bertz CT molecular complexity index is 430. The van der Waals surface area contributed by atoms with Crippen LogP contribution < -0.4 is 0 Å². The van der Waals surface area contributed by atoms with Crippen molar-refractivity contribution in [1.29, 1.82) is 0 Å². The highest BCUT2D eigenvalue weighted by molar-refractivity contribution is 5.78. The van der Waals surface area contributed by atoms with Gasteiger partial charge in [0.1, 0.15) is 5.57 Å². The minimum absolute atomic E-state index is 0.953. The summed E-state index contributed by atoms with van der Waals surface area (Å²) in [4.78, 5) is 0. The zero-order valence-corrected chi connectivity index (χ0v) is 8.56. The zero-order chi connectivity index (χ0) is 10.5. The van der Waals surface area contributed by atoms with Crippen molar-refractivity contribution in [3.63, 3.8) is 0 Å². The molecule has 0 aromatic heterocycles. The van der Waals surface area contributed by atoms with E-state index in [1.54, 1.807) is 6.08 Å². The van der Waals surface area contributed by atoms with Crippen molar-refractivity contribution in [1.82, 2.24) is 0 Å². The van der Waals surface area contributed by atoms with E-state index in [1.165, 1.54) is 11.1 Å². The van der Waals surface area contributed by atoms with Crippen LogP contribution in [0.3, 0.4) is 0 Å². The first-order valence-electron chi connectivity index (χ1n) is 5.08. The van der Waals surface area contributed by atoms with E-state index in [4.69, 9.17) is 6.58 Å². The summed E-state index contributed by atoms with van der Waals surface area (Å²) in [5.41, 5.74) is 3.57. The van der Waals surface area contributed by atoms with E-state index in [9.17, 15) is 0 Å². The minimum atomic E-state index is 0.953. The van der Waals surface area contributed by atoms with Gasteiger partial charge in [0.15, 0.2) is 6.08 Å². The predicted octanol–water partition coefficient (Wildman–Crippen LogP) is 3.95. The van der Waals surface area contributed by atoms with Gasteiger partial charge in [-0.1, -0.05) is 36.4 Å². The van der Waals surface area contributed by atoms with E-state index in [2.05, 4.69) is 30.4 Å². The molecule has 0 fully saturated rings. The van der Waals surface area contributed by atoms with Crippen LogP contribution in [-0.4, -0.2) is 0 Å². The molecule has 1 aliphatic carbocycles. The second kappa shape index (κ2) is 4.54. The first kappa shape index (κ1) is 9.64. The van der Waals surface area contributed by atoms with Crippen LogP contribution in [0.25, 0.3) is 5.57 Å². The quantitative estimate of drug-likeness (QED) is 0.624. The average molecular weight is 193 g/mol. The normalized spacial score (nSPS) is 17.5. The second-order valence-electron chi connectivity index (χ2n) is 3.46. The Kier molecular flexibility index (Phi) is 2.92. The molecule has 0 bridgehead atoms. The summed E-state index contributed by atoms with van der Waals surface area (Å²) < 4.78 is 0. The van der Waals surface area contributed by atoms with Crippen molar-refractivity contribution in [3.05, 3.63) is 78.4 Å². The van der Waals surface area contributed by atoms with Gasteiger partial charge in [0, 0.05) is 18.6 Å².